The highest BCUT2D eigenvalue weighted by atomic mass is 35.5. The quantitative estimate of drug-likeness (QED) is 0.292. The van der Waals surface area contributed by atoms with Gasteiger partial charge in [-0.1, -0.05) is 70.2 Å². The standard InChI is InChI=1S/C31H46N4O4.ClH/c1-20(2)14-25(15-21(3)4)31(39)35-13-7-10-28(35)30(38)34-27(29(37)33-19-26(36)18-32)17-22-11-12-23-8-5-6-9-24(23)16-22;/h5-6,8-9,11-12,16,20-21,25-28,36H,7,10,13-15,17-19,32H2,1-4H3,(H,33,37)(H,34,38);1H/t26?,27-,28?;/m1./s1. The average Bonchev–Trinajstić information content (AvgIpc) is 3.40. The minimum absolute atomic E-state index is 0. The van der Waals surface area contributed by atoms with Crippen molar-refractivity contribution in [2.24, 2.45) is 23.5 Å². The van der Waals surface area contributed by atoms with Crippen LogP contribution in [0, 0.1) is 17.8 Å². The molecule has 0 bridgehead atoms. The lowest BCUT2D eigenvalue weighted by Gasteiger charge is -2.31. The number of aliphatic hydroxyl groups is 1. The number of amides is 3. The Kier molecular flexibility index (Phi) is 13.4. The fourth-order valence-corrected chi connectivity index (χ4v) is 5.48. The molecule has 1 saturated heterocycles. The Bertz CT molecular complexity index is 1120. The molecule has 9 heteroatoms. The van der Waals surface area contributed by atoms with E-state index in [0.29, 0.717) is 24.8 Å². The molecule has 1 heterocycles. The van der Waals surface area contributed by atoms with Gasteiger partial charge in [-0.3, -0.25) is 14.4 Å². The lowest BCUT2D eigenvalue weighted by atomic mass is 9.88. The normalized spacial score (nSPS) is 16.7. The van der Waals surface area contributed by atoms with Crippen molar-refractivity contribution in [1.29, 1.82) is 0 Å². The Morgan fingerprint density at radius 2 is 1.68 bits per heavy atom. The van der Waals surface area contributed by atoms with Gasteiger partial charge >= 0.3 is 0 Å². The van der Waals surface area contributed by atoms with E-state index < -0.39 is 24.1 Å². The van der Waals surface area contributed by atoms with Crippen molar-refractivity contribution < 1.29 is 19.5 Å². The molecule has 2 aromatic rings. The molecular formula is C31H47ClN4O4. The van der Waals surface area contributed by atoms with Gasteiger partial charge in [-0.05, 0) is 53.9 Å². The Morgan fingerprint density at radius 3 is 2.30 bits per heavy atom. The molecule has 0 aliphatic carbocycles. The summed E-state index contributed by atoms with van der Waals surface area (Å²) in [5.41, 5.74) is 6.40. The molecule has 1 fully saturated rings. The molecule has 8 nitrogen and oxygen atoms in total. The van der Waals surface area contributed by atoms with Gasteiger partial charge in [0, 0.05) is 32.0 Å². The van der Waals surface area contributed by atoms with Gasteiger partial charge in [-0.25, -0.2) is 0 Å². The SMILES string of the molecule is CC(C)CC(CC(C)C)C(=O)N1CCCC1C(=O)N[C@H](Cc1ccc2ccccc2c1)C(=O)NCC(O)CN.Cl. The number of nitrogens with one attached hydrogen (secondary N) is 2. The molecule has 2 aromatic carbocycles. The number of hydrogen-bond acceptors (Lipinski definition) is 5. The predicted molar refractivity (Wildman–Crippen MR) is 162 cm³/mol. The van der Waals surface area contributed by atoms with Crippen LogP contribution in [0.2, 0.25) is 0 Å². The first kappa shape index (κ1) is 33.5. The topological polar surface area (TPSA) is 125 Å². The monoisotopic (exact) mass is 574 g/mol. The zero-order chi connectivity index (χ0) is 28.5. The Labute approximate surface area is 244 Å². The van der Waals surface area contributed by atoms with Crippen LogP contribution >= 0.6 is 12.4 Å². The Balaban J connectivity index is 0.00000560. The van der Waals surface area contributed by atoms with E-state index in [1.807, 2.05) is 42.5 Å². The zero-order valence-corrected chi connectivity index (χ0v) is 25.1. The summed E-state index contributed by atoms with van der Waals surface area (Å²) in [7, 11) is 0. The number of carbonyl (C=O) groups excluding carboxylic acids is 3. The summed E-state index contributed by atoms with van der Waals surface area (Å²) in [5, 5.41) is 17.7. The summed E-state index contributed by atoms with van der Waals surface area (Å²) < 4.78 is 0. The van der Waals surface area contributed by atoms with E-state index in [0.717, 1.165) is 35.6 Å². The number of carbonyl (C=O) groups is 3. The second-order valence-corrected chi connectivity index (χ2v) is 11.7. The summed E-state index contributed by atoms with van der Waals surface area (Å²) in [5.74, 6) is -0.0196. The summed E-state index contributed by atoms with van der Waals surface area (Å²) in [6.45, 7) is 9.04. The maximum Gasteiger partial charge on any atom is 0.243 e. The van der Waals surface area contributed by atoms with Gasteiger partial charge in [0.05, 0.1) is 6.10 Å². The average molecular weight is 575 g/mol. The Morgan fingerprint density at radius 1 is 1.02 bits per heavy atom. The molecule has 5 N–H and O–H groups in total. The third kappa shape index (κ3) is 9.46. The van der Waals surface area contributed by atoms with Crippen LogP contribution < -0.4 is 16.4 Å². The van der Waals surface area contributed by atoms with Crippen LogP contribution in [0.4, 0.5) is 0 Å². The molecule has 2 unspecified atom stereocenters. The minimum atomic E-state index is -0.868. The molecular weight excluding hydrogens is 528 g/mol. The highest BCUT2D eigenvalue weighted by Crippen LogP contribution is 2.27. The van der Waals surface area contributed by atoms with Gasteiger partial charge in [0.2, 0.25) is 17.7 Å². The second kappa shape index (κ2) is 15.9. The number of fused-ring (bicyclic) bond motifs is 1. The number of nitrogens with zero attached hydrogens (tertiary/aromatic N) is 1. The zero-order valence-electron chi connectivity index (χ0n) is 24.3. The number of halogens is 1. The van der Waals surface area contributed by atoms with Crippen LogP contribution in [0.25, 0.3) is 10.8 Å². The molecule has 3 atom stereocenters. The van der Waals surface area contributed by atoms with Crippen LogP contribution in [0.5, 0.6) is 0 Å². The maximum atomic E-state index is 13.6. The third-order valence-corrected chi connectivity index (χ3v) is 7.37. The Hall–Kier alpha value is -2.68. The molecule has 1 aliphatic rings. The number of nitrogens with two attached hydrogens (primary N) is 1. The van der Waals surface area contributed by atoms with Gasteiger partial charge in [-0.2, -0.15) is 0 Å². The van der Waals surface area contributed by atoms with E-state index in [1.165, 1.54) is 0 Å². The molecule has 3 amide bonds. The molecule has 40 heavy (non-hydrogen) atoms. The van der Waals surface area contributed by atoms with Crippen LogP contribution in [-0.2, 0) is 20.8 Å². The maximum absolute atomic E-state index is 13.6. The molecule has 1 aliphatic heterocycles. The van der Waals surface area contributed by atoms with E-state index in [2.05, 4.69) is 38.3 Å². The van der Waals surface area contributed by atoms with Crippen LogP contribution in [0.15, 0.2) is 42.5 Å². The van der Waals surface area contributed by atoms with Crippen molar-refractivity contribution in [2.45, 2.75) is 78.0 Å². The molecule has 0 saturated carbocycles. The predicted octanol–water partition coefficient (Wildman–Crippen LogP) is 3.42. The van der Waals surface area contributed by atoms with E-state index in [-0.39, 0.29) is 49.6 Å². The van der Waals surface area contributed by atoms with Crippen LogP contribution in [0.3, 0.4) is 0 Å². The third-order valence-electron chi connectivity index (χ3n) is 7.37. The second-order valence-electron chi connectivity index (χ2n) is 11.7. The van der Waals surface area contributed by atoms with Crippen molar-refractivity contribution in [3.63, 3.8) is 0 Å². The summed E-state index contributed by atoms with van der Waals surface area (Å²) in [4.78, 5) is 42.1. The highest BCUT2D eigenvalue weighted by molar-refractivity contribution is 5.93. The van der Waals surface area contributed by atoms with Crippen LogP contribution in [0.1, 0.15) is 58.9 Å². The fourth-order valence-electron chi connectivity index (χ4n) is 5.48. The summed E-state index contributed by atoms with van der Waals surface area (Å²) in [6.07, 6.45) is 2.32. The van der Waals surface area contributed by atoms with Crippen molar-refractivity contribution >= 4 is 40.9 Å². The minimum Gasteiger partial charge on any atom is -0.390 e. The molecule has 0 radical (unpaired) electrons. The first-order valence-corrected chi connectivity index (χ1v) is 14.3. The molecule has 0 aromatic heterocycles. The fraction of sp³-hybridized carbons (Fsp3) is 0.581. The number of likely N-dealkylation sites (tertiary alicyclic amines) is 1. The van der Waals surface area contributed by atoms with Gasteiger partial charge < -0.3 is 26.4 Å². The van der Waals surface area contributed by atoms with E-state index in [9.17, 15) is 19.5 Å². The van der Waals surface area contributed by atoms with Gasteiger partial charge in [0.15, 0.2) is 0 Å². The van der Waals surface area contributed by atoms with E-state index in [4.69, 9.17) is 5.73 Å². The van der Waals surface area contributed by atoms with Crippen molar-refractivity contribution in [2.75, 3.05) is 19.6 Å². The van der Waals surface area contributed by atoms with E-state index >= 15 is 0 Å². The lowest BCUT2D eigenvalue weighted by molar-refractivity contribution is -0.143. The first-order valence-electron chi connectivity index (χ1n) is 14.3. The van der Waals surface area contributed by atoms with Gasteiger partial charge in [-0.15, -0.1) is 12.4 Å². The van der Waals surface area contributed by atoms with E-state index in [1.54, 1.807) is 4.90 Å². The number of rotatable bonds is 13. The summed E-state index contributed by atoms with van der Waals surface area (Å²) in [6, 6.07) is 12.5. The van der Waals surface area contributed by atoms with Gasteiger partial charge in [0.1, 0.15) is 12.1 Å². The molecule has 222 valence electrons. The van der Waals surface area contributed by atoms with Gasteiger partial charge in [0.25, 0.3) is 0 Å². The smallest absolute Gasteiger partial charge is 0.243 e. The summed E-state index contributed by atoms with van der Waals surface area (Å²) >= 11 is 0. The number of aliphatic hydroxyl groups excluding tert-OH is 1. The lowest BCUT2D eigenvalue weighted by Crippen LogP contribution is -2.55. The van der Waals surface area contributed by atoms with Crippen LogP contribution in [-0.4, -0.2) is 65.5 Å². The first-order chi connectivity index (χ1) is 18.6. The van der Waals surface area contributed by atoms with Crippen molar-refractivity contribution in [3.8, 4) is 0 Å². The highest BCUT2D eigenvalue weighted by Gasteiger charge is 2.38. The number of benzene rings is 2. The van der Waals surface area contributed by atoms with Crippen molar-refractivity contribution in [1.82, 2.24) is 15.5 Å². The van der Waals surface area contributed by atoms with Crippen molar-refractivity contribution in [3.05, 3.63) is 48.0 Å². The molecule has 0 spiro atoms. The largest absolute Gasteiger partial charge is 0.390 e. The number of hydrogen-bond donors (Lipinski definition) is 4. The molecule has 3 rings (SSSR count).